The first kappa shape index (κ1) is 20.2. The summed E-state index contributed by atoms with van der Waals surface area (Å²) < 4.78 is 11.4. The predicted octanol–water partition coefficient (Wildman–Crippen LogP) is 2.97. The van der Waals surface area contributed by atoms with E-state index >= 15 is 0 Å². The number of benzene rings is 1. The number of carbonyl (C=O) groups excluding carboxylic acids is 2. The van der Waals surface area contributed by atoms with Gasteiger partial charge in [0.15, 0.2) is 0 Å². The van der Waals surface area contributed by atoms with Crippen LogP contribution >= 0.6 is 0 Å². The lowest BCUT2D eigenvalue weighted by Gasteiger charge is -2.33. The van der Waals surface area contributed by atoms with E-state index in [1.807, 2.05) is 29.2 Å². The van der Waals surface area contributed by atoms with Gasteiger partial charge in [0.2, 0.25) is 5.91 Å². The number of rotatable bonds is 5. The van der Waals surface area contributed by atoms with Gasteiger partial charge in [-0.05, 0) is 43.7 Å². The van der Waals surface area contributed by atoms with Crippen LogP contribution in [0.5, 0.6) is 5.75 Å². The average Bonchev–Trinajstić information content (AvgIpc) is 3.33. The van der Waals surface area contributed by atoms with Crippen molar-refractivity contribution in [1.29, 1.82) is 0 Å². The van der Waals surface area contributed by atoms with Crippen molar-refractivity contribution >= 4 is 11.8 Å². The summed E-state index contributed by atoms with van der Waals surface area (Å²) in [5, 5.41) is 0. The van der Waals surface area contributed by atoms with E-state index in [2.05, 4.69) is 4.90 Å². The number of hydrogen-bond acceptors (Lipinski definition) is 4. The molecule has 6 heteroatoms. The van der Waals surface area contributed by atoms with Gasteiger partial charge in [0.25, 0.3) is 5.91 Å². The first-order valence-electron chi connectivity index (χ1n) is 11.1. The van der Waals surface area contributed by atoms with Crippen LogP contribution < -0.4 is 4.74 Å². The third-order valence-electron chi connectivity index (χ3n) is 6.52. The summed E-state index contributed by atoms with van der Waals surface area (Å²) in [4.78, 5) is 29.4. The highest BCUT2D eigenvalue weighted by Gasteiger charge is 2.30. The fourth-order valence-corrected chi connectivity index (χ4v) is 4.66. The molecule has 4 rings (SSSR count). The largest absolute Gasteiger partial charge is 0.492 e. The third-order valence-corrected chi connectivity index (χ3v) is 6.52. The SMILES string of the molecule is O=C(c1ccccc1OCC1CCN(C(=O)C2CCCC2)CC1)N1CCOCC1. The average molecular weight is 401 g/mol. The van der Waals surface area contributed by atoms with Crippen LogP contribution in [0.15, 0.2) is 24.3 Å². The van der Waals surface area contributed by atoms with Crippen molar-refractivity contribution in [3.8, 4) is 5.75 Å². The van der Waals surface area contributed by atoms with Gasteiger partial charge < -0.3 is 19.3 Å². The molecular formula is C23H32N2O4. The van der Waals surface area contributed by atoms with Crippen LogP contribution in [-0.2, 0) is 9.53 Å². The summed E-state index contributed by atoms with van der Waals surface area (Å²) in [5.41, 5.74) is 0.628. The lowest BCUT2D eigenvalue weighted by atomic mass is 9.96. The van der Waals surface area contributed by atoms with Crippen LogP contribution in [0, 0.1) is 11.8 Å². The molecule has 29 heavy (non-hydrogen) atoms. The molecule has 1 saturated carbocycles. The molecule has 0 radical (unpaired) electrons. The fourth-order valence-electron chi connectivity index (χ4n) is 4.66. The Morgan fingerprint density at radius 2 is 1.62 bits per heavy atom. The number of carbonyl (C=O) groups is 2. The zero-order valence-electron chi connectivity index (χ0n) is 17.2. The highest BCUT2D eigenvalue weighted by molar-refractivity contribution is 5.97. The van der Waals surface area contributed by atoms with E-state index in [-0.39, 0.29) is 11.8 Å². The topological polar surface area (TPSA) is 59.1 Å². The summed E-state index contributed by atoms with van der Waals surface area (Å²) >= 11 is 0. The molecule has 1 aromatic rings. The van der Waals surface area contributed by atoms with Gasteiger partial charge in [0.05, 0.1) is 25.4 Å². The van der Waals surface area contributed by atoms with E-state index in [1.54, 1.807) is 0 Å². The van der Waals surface area contributed by atoms with Crippen LogP contribution in [0.3, 0.4) is 0 Å². The number of para-hydroxylation sites is 1. The molecule has 3 fully saturated rings. The number of piperidine rings is 1. The Morgan fingerprint density at radius 1 is 0.931 bits per heavy atom. The normalized spacial score (nSPS) is 21.4. The summed E-state index contributed by atoms with van der Waals surface area (Å²) in [6.07, 6.45) is 6.47. The van der Waals surface area contributed by atoms with Crippen LogP contribution in [0.4, 0.5) is 0 Å². The van der Waals surface area contributed by atoms with Crippen LogP contribution in [0.2, 0.25) is 0 Å². The predicted molar refractivity (Wildman–Crippen MR) is 110 cm³/mol. The molecule has 0 unspecified atom stereocenters. The molecule has 3 aliphatic rings. The number of amides is 2. The minimum absolute atomic E-state index is 0.0147. The molecule has 1 aliphatic carbocycles. The van der Waals surface area contributed by atoms with Gasteiger partial charge >= 0.3 is 0 Å². The third kappa shape index (κ3) is 4.92. The summed E-state index contributed by atoms with van der Waals surface area (Å²) in [6, 6.07) is 7.52. The maximum Gasteiger partial charge on any atom is 0.257 e. The molecular weight excluding hydrogens is 368 g/mol. The Morgan fingerprint density at radius 3 is 2.34 bits per heavy atom. The van der Waals surface area contributed by atoms with Gasteiger partial charge in [-0.2, -0.15) is 0 Å². The Kier molecular flexibility index (Phi) is 6.70. The Labute approximate surface area is 173 Å². The molecule has 0 bridgehead atoms. The molecule has 2 amide bonds. The van der Waals surface area contributed by atoms with Gasteiger partial charge in [-0.3, -0.25) is 9.59 Å². The smallest absolute Gasteiger partial charge is 0.257 e. The van der Waals surface area contributed by atoms with Crippen molar-refractivity contribution < 1.29 is 19.1 Å². The summed E-state index contributed by atoms with van der Waals surface area (Å²) in [6.45, 7) is 4.69. The fraction of sp³-hybridized carbons (Fsp3) is 0.652. The quantitative estimate of drug-likeness (QED) is 0.763. The van der Waals surface area contributed by atoms with Gasteiger partial charge in [-0.25, -0.2) is 0 Å². The summed E-state index contributed by atoms with van der Waals surface area (Å²) in [7, 11) is 0. The maximum absolute atomic E-state index is 12.9. The van der Waals surface area contributed by atoms with E-state index in [1.165, 1.54) is 12.8 Å². The molecule has 2 heterocycles. The van der Waals surface area contributed by atoms with Gasteiger partial charge in [-0.1, -0.05) is 25.0 Å². The molecule has 2 aliphatic heterocycles. The monoisotopic (exact) mass is 400 g/mol. The van der Waals surface area contributed by atoms with Crippen molar-refractivity contribution in [2.24, 2.45) is 11.8 Å². The molecule has 0 spiro atoms. The number of hydrogen-bond donors (Lipinski definition) is 0. The Bertz CT molecular complexity index is 703. The van der Waals surface area contributed by atoms with Crippen molar-refractivity contribution in [2.75, 3.05) is 46.0 Å². The summed E-state index contributed by atoms with van der Waals surface area (Å²) in [5.74, 6) is 1.73. The van der Waals surface area contributed by atoms with Gasteiger partial charge in [-0.15, -0.1) is 0 Å². The molecule has 2 saturated heterocycles. The molecule has 0 atom stereocenters. The zero-order valence-corrected chi connectivity index (χ0v) is 17.2. The number of nitrogens with zero attached hydrogens (tertiary/aromatic N) is 2. The van der Waals surface area contributed by atoms with Crippen LogP contribution in [0.1, 0.15) is 48.9 Å². The zero-order chi connectivity index (χ0) is 20.1. The van der Waals surface area contributed by atoms with Gasteiger partial charge in [0, 0.05) is 32.1 Å². The second-order valence-electron chi connectivity index (χ2n) is 8.46. The molecule has 0 N–H and O–H groups in total. The first-order valence-corrected chi connectivity index (χ1v) is 11.1. The van der Waals surface area contributed by atoms with E-state index in [4.69, 9.17) is 9.47 Å². The highest BCUT2D eigenvalue weighted by Crippen LogP contribution is 2.29. The van der Waals surface area contributed by atoms with Crippen molar-refractivity contribution in [2.45, 2.75) is 38.5 Å². The van der Waals surface area contributed by atoms with E-state index in [9.17, 15) is 9.59 Å². The number of morpholine rings is 1. The maximum atomic E-state index is 12.9. The number of ether oxygens (including phenoxy) is 2. The van der Waals surface area contributed by atoms with Crippen LogP contribution in [0.25, 0.3) is 0 Å². The Hall–Kier alpha value is -2.08. The van der Waals surface area contributed by atoms with E-state index < -0.39 is 0 Å². The first-order chi connectivity index (χ1) is 14.2. The van der Waals surface area contributed by atoms with Crippen molar-refractivity contribution in [3.05, 3.63) is 29.8 Å². The van der Waals surface area contributed by atoms with E-state index in [0.717, 1.165) is 38.8 Å². The van der Waals surface area contributed by atoms with Crippen LogP contribution in [-0.4, -0.2) is 67.6 Å². The lowest BCUT2D eigenvalue weighted by Crippen LogP contribution is -2.42. The van der Waals surface area contributed by atoms with Crippen molar-refractivity contribution in [3.63, 3.8) is 0 Å². The van der Waals surface area contributed by atoms with Crippen molar-refractivity contribution in [1.82, 2.24) is 9.80 Å². The Balaban J connectivity index is 1.29. The number of likely N-dealkylation sites (tertiary alicyclic amines) is 1. The highest BCUT2D eigenvalue weighted by atomic mass is 16.5. The lowest BCUT2D eigenvalue weighted by molar-refractivity contribution is -0.136. The minimum atomic E-state index is 0.0147. The van der Waals surface area contributed by atoms with E-state index in [0.29, 0.717) is 56.0 Å². The second-order valence-corrected chi connectivity index (χ2v) is 8.46. The standard InChI is InChI=1S/C23H32N2O4/c26-22(19-5-1-2-6-19)24-11-9-18(10-12-24)17-29-21-8-4-3-7-20(21)23(27)25-13-15-28-16-14-25/h3-4,7-8,18-19H,1-2,5-6,9-17H2. The molecule has 6 nitrogen and oxygen atoms in total. The van der Waals surface area contributed by atoms with Gasteiger partial charge in [0.1, 0.15) is 5.75 Å². The minimum Gasteiger partial charge on any atom is -0.492 e. The molecule has 0 aromatic heterocycles. The molecule has 1 aromatic carbocycles. The molecule has 158 valence electrons. The second kappa shape index (κ2) is 9.61.